The van der Waals surface area contributed by atoms with Crippen LogP contribution in [0.25, 0.3) is 0 Å². The molecule has 0 radical (unpaired) electrons. The van der Waals surface area contributed by atoms with Crippen LogP contribution >= 0.6 is 53.5 Å². The van der Waals surface area contributed by atoms with Crippen LogP contribution in [0.4, 0.5) is 0 Å². The Morgan fingerprint density at radius 3 is 1.69 bits per heavy atom. The molecular formula is C10H18Cl4NP. The molecule has 1 aliphatic rings. The van der Waals surface area contributed by atoms with Crippen LogP contribution in [0.2, 0.25) is 0 Å². The Morgan fingerprint density at radius 1 is 1.00 bits per heavy atom. The highest BCUT2D eigenvalue weighted by Gasteiger charge is 2.50. The van der Waals surface area contributed by atoms with Crippen molar-refractivity contribution in [1.82, 2.24) is 4.67 Å². The first-order chi connectivity index (χ1) is 6.98. The molecule has 1 rings (SSSR count). The maximum absolute atomic E-state index is 6.40. The topological polar surface area (TPSA) is 3.24 Å². The smallest absolute Gasteiger partial charge is 0.236 e. The number of halogens is 4. The van der Waals surface area contributed by atoms with Crippen molar-refractivity contribution < 1.29 is 0 Å². The van der Waals surface area contributed by atoms with Gasteiger partial charge in [-0.25, -0.2) is 0 Å². The number of hydrogen-bond donors (Lipinski definition) is 0. The maximum atomic E-state index is 6.40. The molecule has 1 nitrogen and oxygen atoms in total. The van der Waals surface area contributed by atoms with E-state index in [0.29, 0.717) is 0 Å². The molecule has 1 unspecified atom stereocenters. The fourth-order valence-electron chi connectivity index (χ4n) is 2.57. The first-order valence-corrected chi connectivity index (χ1v) is 8.65. The summed E-state index contributed by atoms with van der Waals surface area (Å²) in [4.78, 5) is 0. The molecule has 1 atom stereocenters. The number of hydrogen-bond acceptors (Lipinski definition) is 1. The SMILES string of the molecule is CC1(C)CCCC(C)(C)N1P(Cl)C(Cl)(Cl)Cl. The molecule has 0 aliphatic carbocycles. The average molecular weight is 325 g/mol. The van der Waals surface area contributed by atoms with E-state index in [1.807, 2.05) is 0 Å². The predicted molar refractivity (Wildman–Crippen MR) is 76.9 cm³/mol. The summed E-state index contributed by atoms with van der Waals surface area (Å²) < 4.78 is 0.802. The molecule has 0 aromatic rings. The van der Waals surface area contributed by atoms with Crippen molar-refractivity contribution in [3.8, 4) is 0 Å². The molecule has 0 spiro atoms. The summed E-state index contributed by atoms with van der Waals surface area (Å²) >= 11 is 24.3. The maximum Gasteiger partial charge on any atom is 0.236 e. The summed E-state index contributed by atoms with van der Waals surface area (Å²) in [7, 11) is -1.31. The highest BCUT2D eigenvalue weighted by molar-refractivity contribution is 7.87. The van der Waals surface area contributed by atoms with Gasteiger partial charge in [-0.1, -0.05) is 46.0 Å². The van der Waals surface area contributed by atoms with Gasteiger partial charge in [0.05, 0.1) is 0 Å². The van der Waals surface area contributed by atoms with Crippen molar-refractivity contribution in [2.24, 2.45) is 0 Å². The first kappa shape index (κ1) is 15.6. The molecular weight excluding hydrogens is 307 g/mol. The molecule has 16 heavy (non-hydrogen) atoms. The number of alkyl halides is 3. The van der Waals surface area contributed by atoms with E-state index in [2.05, 4.69) is 32.4 Å². The van der Waals surface area contributed by atoms with Gasteiger partial charge in [-0.15, -0.1) is 0 Å². The van der Waals surface area contributed by atoms with E-state index in [-0.39, 0.29) is 11.1 Å². The molecule has 6 heteroatoms. The lowest BCUT2D eigenvalue weighted by molar-refractivity contribution is 0.0621. The van der Waals surface area contributed by atoms with Crippen molar-refractivity contribution in [2.75, 3.05) is 0 Å². The van der Waals surface area contributed by atoms with E-state index in [1.54, 1.807) is 0 Å². The van der Waals surface area contributed by atoms with Crippen molar-refractivity contribution >= 4 is 53.5 Å². The zero-order chi connectivity index (χ0) is 12.8. The van der Waals surface area contributed by atoms with E-state index in [0.717, 1.165) is 12.8 Å². The Bertz CT molecular complexity index is 246. The standard InChI is InChI=1S/C10H18Cl4NP/c1-8(2)6-5-7-9(3,4)15(8)16(14)10(11,12)13/h5-7H2,1-4H3. The lowest BCUT2D eigenvalue weighted by atomic mass is 9.83. The van der Waals surface area contributed by atoms with Crippen molar-refractivity contribution in [2.45, 2.75) is 61.6 Å². The van der Waals surface area contributed by atoms with Gasteiger partial charge in [-0.3, -0.25) is 4.67 Å². The Balaban J connectivity index is 3.04. The van der Waals surface area contributed by atoms with Gasteiger partial charge in [0.25, 0.3) is 0 Å². The normalized spacial score (nSPS) is 27.8. The summed E-state index contributed by atoms with van der Waals surface area (Å²) in [6, 6.07) is 0. The van der Waals surface area contributed by atoms with E-state index in [1.165, 1.54) is 6.42 Å². The van der Waals surface area contributed by atoms with E-state index >= 15 is 0 Å². The van der Waals surface area contributed by atoms with Crippen molar-refractivity contribution in [3.63, 3.8) is 0 Å². The van der Waals surface area contributed by atoms with Crippen LogP contribution in [0.5, 0.6) is 0 Å². The van der Waals surface area contributed by atoms with Crippen molar-refractivity contribution in [1.29, 1.82) is 0 Å². The summed E-state index contributed by atoms with van der Waals surface area (Å²) in [5, 5.41) is 0. The Hall–Kier alpha value is 1.55. The Kier molecular flexibility index (Phi) is 4.79. The van der Waals surface area contributed by atoms with Gasteiger partial charge in [0, 0.05) is 11.1 Å². The quantitative estimate of drug-likeness (QED) is 0.428. The van der Waals surface area contributed by atoms with Gasteiger partial charge in [0.1, 0.15) is 7.43 Å². The zero-order valence-corrected chi connectivity index (χ0v) is 13.9. The van der Waals surface area contributed by atoms with E-state index in [4.69, 9.17) is 46.0 Å². The zero-order valence-electron chi connectivity index (χ0n) is 10.0. The minimum absolute atomic E-state index is 0.0148. The van der Waals surface area contributed by atoms with Crippen molar-refractivity contribution in [3.05, 3.63) is 0 Å². The minimum Gasteiger partial charge on any atom is -0.255 e. The predicted octanol–water partition coefficient (Wildman–Crippen LogP) is 5.91. The average Bonchev–Trinajstić information content (AvgIpc) is 1.97. The first-order valence-electron chi connectivity index (χ1n) is 5.31. The van der Waals surface area contributed by atoms with Crippen LogP contribution in [0.1, 0.15) is 47.0 Å². The van der Waals surface area contributed by atoms with Gasteiger partial charge in [0.2, 0.25) is 3.53 Å². The molecule has 0 amide bonds. The second-order valence-electron chi connectivity index (χ2n) is 5.52. The molecule has 0 bridgehead atoms. The third-order valence-corrected chi connectivity index (χ3v) is 8.40. The molecule has 1 fully saturated rings. The molecule has 0 saturated carbocycles. The number of piperidine rings is 1. The second kappa shape index (κ2) is 4.91. The number of rotatable bonds is 1. The molecule has 1 aliphatic heterocycles. The van der Waals surface area contributed by atoms with Gasteiger partial charge in [0.15, 0.2) is 0 Å². The highest BCUT2D eigenvalue weighted by atomic mass is 35.7. The summed E-state index contributed by atoms with van der Waals surface area (Å²) in [6.45, 7) is 8.67. The fraction of sp³-hybridized carbons (Fsp3) is 1.00. The van der Waals surface area contributed by atoms with Crippen LogP contribution in [0.15, 0.2) is 0 Å². The van der Waals surface area contributed by atoms with Crippen LogP contribution < -0.4 is 0 Å². The third-order valence-electron chi connectivity index (χ3n) is 3.11. The largest absolute Gasteiger partial charge is 0.255 e. The molecule has 96 valence electrons. The fourth-order valence-corrected chi connectivity index (χ4v) is 5.86. The van der Waals surface area contributed by atoms with Crippen LogP contribution in [-0.4, -0.2) is 19.3 Å². The van der Waals surface area contributed by atoms with Gasteiger partial charge >= 0.3 is 0 Å². The molecule has 0 N–H and O–H groups in total. The van der Waals surface area contributed by atoms with Crippen LogP contribution in [0.3, 0.4) is 0 Å². The molecule has 1 saturated heterocycles. The summed E-state index contributed by atoms with van der Waals surface area (Å²) in [6.07, 6.45) is 3.36. The summed E-state index contributed by atoms with van der Waals surface area (Å²) in [5.74, 6) is 0. The number of nitrogens with zero attached hydrogens (tertiary/aromatic N) is 1. The van der Waals surface area contributed by atoms with Crippen LogP contribution in [0, 0.1) is 0 Å². The molecule has 0 aromatic heterocycles. The lowest BCUT2D eigenvalue weighted by Crippen LogP contribution is -2.55. The minimum atomic E-state index is -1.40. The monoisotopic (exact) mass is 323 g/mol. The Labute approximate surface area is 119 Å². The van der Waals surface area contributed by atoms with Gasteiger partial charge < -0.3 is 0 Å². The highest BCUT2D eigenvalue weighted by Crippen LogP contribution is 2.69. The summed E-state index contributed by atoms with van der Waals surface area (Å²) in [5.41, 5.74) is -0.0295. The lowest BCUT2D eigenvalue weighted by Gasteiger charge is -2.55. The second-order valence-corrected chi connectivity index (χ2v) is 11.1. The van der Waals surface area contributed by atoms with E-state index < -0.39 is 11.0 Å². The van der Waals surface area contributed by atoms with Gasteiger partial charge in [-0.05, 0) is 47.0 Å². The molecule has 0 aromatic carbocycles. The van der Waals surface area contributed by atoms with Crippen LogP contribution in [-0.2, 0) is 0 Å². The van der Waals surface area contributed by atoms with Gasteiger partial charge in [-0.2, -0.15) is 0 Å². The van der Waals surface area contributed by atoms with E-state index in [9.17, 15) is 0 Å². The Morgan fingerprint density at radius 2 is 1.38 bits per heavy atom. The molecule has 1 heterocycles. The third kappa shape index (κ3) is 3.31.